The summed E-state index contributed by atoms with van der Waals surface area (Å²) in [5.41, 5.74) is 1.78. The molecule has 2 atom stereocenters. The molecule has 1 saturated heterocycles. The number of fused-ring (bicyclic) bond motifs is 3. The van der Waals surface area contributed by atoms with Crippen LogP contribution in [0.15, 0.2) is 67.0 Å². The molecule has 1 aliphatic rings. The van der Waals surface area contributed by atoms with Crippen LogP contribution in [-0.2, 0) is 16.1 Å². The predicted octanol–water partition coefficient (Wildman–Crippen LogP) is 3.77. The molecule has 1 unspecified atom stereocenters. The first-order valence-corrected chi connectivity index (χ1v) is 10.7. The standard InChI is InChI=1S/C25H25N3O4/c1-31-25(24(29)30)21(11-13-27-25)17-6-8-18(9-7-17)32-15-14-28-22-5-3-2-4-19(22)20-10-12-26-16-23(20)28/h2-10,12,16,21,27H,11,13-15H2,1H3,(H,29,30)/t21?,25-/m0/s1. The maximum atomic E-state index is 11.8. The summed E-state index contributed by atoms with van der Waals surface area (Å²) in [5.74, 6) is -0.510. The van der Waals surface area contributed by atoms with E-state index >= 15 is 0 Å². The van der Waals surface area contributed by atoms with E-state index in [-0.39, 0.29) is 5.92 Å². The largest absolute Gasteiger partial charge is 0.492 e. The second-order valence-corrected chi connectivity index (χ2v) is 7.99. The smallest absolute Gasteiger partial charge is 0.352 e. The quantitative estimate of drug-likeness (QED) is 0.463. The van der Waals surface area contributed by atoms with Crippen molar-refractivity contribution in [3.05, 3.63) is 72.6 Å². The number of ether oxygens (including phenoxy) is 2. The monoisotopic (exact) mass is 431 g/mol. The van der Waals surface area contributed by atoms with Crippen molar-refractivity contribution >= 4 is 27.8 Å². The zero-order valence-corrected chi connectivity index (χ0v) is 17.8. The van der Waals surface area contributed by atoms with Gasteiger partial charge in [-0.1, -0.05) is 30.3 Å². The molecule has 4 aromatic rings. The first kappa shape index (κ1) is 20.5. The Morgan fingerprint density at radius 1 is 1.16 bits per heavy atom. The van der Waals surface area contributed by atoms with Gasteiger partial charge in [0.1, 0.15) is 12.4 Å². The van der Waals surface area contributed by atoms with Gasteiger partial charge in [-0.15, -0.1) is 0 Å². The van der Waals surface area contributed by atoms with Crippen LogP contribution in [-0.4, -0.2) is 46.6 Å². The number of benzene rings is 2. The van der Waals surface area contributed by atoms with Gasteiger partial charge in [-0.25, -0.2) is 4.79 Å². The number of pyridine rings is 1. The molecule has 5 rings (SSSR count). The molecule has 1 aliphatic heterocycles. The number of nitrogens with zero attached hydrogens (tertiary/aromatic N) is 2. The molecule has 0 bridgehead atoms. The summed E-state index contributed by atoms with van der Waals surface area (Å²) >= 11 is 0. The molecule has 0 radical (unpaired) electrons. The molecule has 0 aliphatic carbocycles. The van der Waals surface area contributed by atoms with Crippen LogP contribution in [0.3, 0.4) is 0 Å². The van der Waals surface area contributed by atoms with Gasteiger partial charge in [-0.05, 0) is 42.8 Å². The van der Waals surface area contributed by atoms with Crippen molar-refractivity contribution in [2.75, 3.05) is 20.3 Å². The van der Waals surface area contributed by atoms with Crippen molar-refractivity contribution in [2.24, 2.45) is 0 Å². The normalized spacial score (nSPS) is 20.7. The van der Waals surface area contributed by atoms with E-state index in [4.69, 9.17) is 9.47 Å². The second kappa shape index (κ2) is 8.26. The summed E-state index contributed by atoms with van der Waals surface area (Å²) in [7, 11) is 1.43. The van der Waals surface area contributed by atoms with Gasteiger partial charge in [0, 0.05) is 35.5 Å². The van der Waals surface area contributed by atoms with E-state index in [2.05, 4.69) is 27.0 Å². The molecule has 0 spiro atoms. The lowest BCUT2D eigenvalue weighted by Gasteiger charge is -2.30. The highest BCUT2D eigenvalue weighted by Gasteiger charge is 2.50. The van der Waals surface area contributed by atoms with Gasteiger partial charge < -0.3 is 19.1 Å². The highest BCUT2D eigenvalue weighted by molar-refractivity contribution is 6.07. The van der Waals surface area contributed by atoms with E-state index in [1.54, 1.807) is 0 Å². The van der Waals surface area contributed by atoms with E-state index in [0.717, 1.165) is 22.3 Å². The summed E-state index contributed by atoms with van der Waals surface area (Å²) in [5, 5.41) is 15.1. The Morgan fingerprint density at radius 2 is 1.94 bits per heavy atom. The maximum Gasteiger partial charge on any atom is 0.352 e. The van der Waals surface area contributed by atoms with Crippen LogP contribution in [0, 0.1) is 0 Å². The van der Waals surface area contributed by atoms with Gasteiger partial charge in [-0.3, -0.25) is 10.3 Å². The van der Waals surface area contributed by atoms with Crippen molar-refractivity contribution in [1.29, 1.82) is 0 Å². The van der Waals surface area contributed by atoms with E-state index in [9.17, 15) is 9.90 Å². The SMILES string of the molecule is CO[C@@]1(C(=O)O)NCCC1c1ccc(OCCn2c3ccccc3c3ccncc32)cc1. The topological polar surface area (TPSA) is 85.6 Å². The molecule has 164 valence electrons. The minimum atomic E-state index is -1.38. The molecule has 7 nitrogen and oxygen atoms in total. The third-order valence-corrected chi connectivity index (χ3v) is 6.39. The van der Waals surface area contributed by atoms with Crippen LogP contribution < -0.4 is 10.1 Å². The molecule has 0 saturated carbocycles. The number of rotatable bonds is 7. The van der Waals surface area contributed by atoms with Crippen molar-refractivity contribution in [2.45, 2.75) is 24.6 Å². The van der Waals surface area contributed by atoms with Crippen LogP contribution in [0.25, 0.3) is 21.8 Å². The predicted molar refractivity (Wildman–Crippen MR) is 122 cm³/mol. The maximum absolute atomic E-state index is 11.8. The number of nitrogens with one attached hydrogen (secondary N) is 1. The fourth-order valence-electron chi connectivity index (χ4n) is 4.84. The Kier molecular flexibility index (Phi) is 5.28. The number of aromatic nitrogens is 2. The number of methoxy groups -OCH3 is 1. The lowest BCUT2D eigenvalue weighted by molar-refractivity contribution is -0.166. The fraction of sp³-hybridized carbons (Fsp3) is 0.280. The molecular formula is C25H25N3O4. The molecule has 1 fully saturated rings. The summed E-state index contributed by atoms with van der Waals surface area (Å²) in [6.45, 7) is 1.79. The minimum Gasteiger partial charge on any atom is -0.492 e. The van der Waals surface area contributed by atoms with E-state index in [1.165, 1.54) is 17.9 Å². The minimum absolute atomic E-state index is 0.260. The third-order valence-electron chi connectivity index (χ3n) is 6.39. The second-order valence-electron chi connectivity index (χ2n) is 7.99. The van der Waals surface area contributed by atoms with Crippen molar-refractivity contribution in [3.8, 4) is 5.75 Å². The lowest BCUT2D eigenvalue weighted by Crippen LogP contribution is -2.52. The van der Waals surface area contributed by atoms with Crippen molar-refractivity contribution < 1.29 is 19.4 Å². The summed E-state index contributed by atoms with van der Waals surface area (Å²) < 4.78 is 13.6. The van der Waals surface area contributed by atoms with Crippen LogP contribution in [0.1, 0.15) is 17.9 Å². The molecule has 7 heteroatoms. The number of carboxylic acid groups (broad SMARTS) is 1. The van der Waals surface area contributed by atoms with Crippen LogP contribution in [0.2, 0.25) is 0 Å². The summed E-state index contributed by atoms with van der Waals surface area (Å²) in [6, 6.07) is 18.0. The number of aliphatic carboxylic acids is 1. The van der Waals surface area contributed by atoms with E-state index in [1.807, 2.05) is 54.9 Å². The highest BCUT2D eigenvalue weighted by atomic mass is 16.5. The molecule has 2 aromatic carbocycles. The Morgan fingerprint density at radius 3 is 2.72 bits per heavy atom. The van der Waals surface area contributed by atoms with Gasteiger partial charge in [0.05, 0.1) is 18.3 Å². The fourth-order valence-corrected chi connectivity index (χ4v) is 4.84. The molecule has 2 N–H and O–H groups in total. The zero-order chi connectivity index (χ0) is 22.1. The number of carboxylic acids is 1. The van der Waals surface area contributed by atoms with Gasteiger partial charge in [0.25, 0.3) is 0 Å². The Balaban J connectivity index is 1.31. The van der Waals surface area contributed by atoms with Crippen LogP contribution >= 0.6 is 0 Å². The van der Waals surface area contributed by atoms with Crippen LogP contribution in [0.5, 0.6) is 5.75 Å². The van der Waals surface area contributed by atoms with Gasteiger partial charge in [0.15, 0.2) is 0 Å². The van der Waals surface area contributed by atoms with Gasteiger partial charge in [0.2, 0.25) is 5.72 Å². The zero-order valence-electron chi connectivity index (χ0n) is 17.8. The van der Waals surface area contributed by atoms with Crippen molar-refractivity contribution in [3.63, 3.8) is 0 Å². The number of para-hydroxylation sites is 1. The molecular weight excluding hydrogens is 406 g/mol. The van der Waals surface area contributed by atoms with Gasteiger partial charge in [-0.2, -0.15) is 0 Å². The number of carbonyl (C=O) groups is 1. The molecule has 2 aromatic heterocycles. The van der Waals surface area contributed by atoms with Gasteiger partial charge >= 0.3 is 5.97 Å². The Hall–Kier alpha value is -3.42. The molecule has 3 heterocycles. The third kappa shape index (κ3) is 3.30. The van der Waals surface area contributed by atoms with E-state index < -0.39 is 11.7 Å². The summed E-state index contributed by atoms with van der Waals surface area (Å²) in [6.07, 6.45) is 4.41. The molecule has 0 amide bonds. The Bertz CT molecular complexity index is 1210. The number of hydrogen-bond acceptors (Lipinski definition) is 5. The van der Waals surface area contributed by atoms with Crippen molar-refractivity contribution in [1.82, 2.24) is 14.9 Å². The average Bonchev–Trinajstić information content (AvgIpc) is 3.41. The molecule has 32 heavy (non-hydrogen) atoms. The first-order chi connectivity index (χ1) is 15.6. The highest BCUT2D eigenvalue weighted by Crippen LogP contribution is 2.37. The lowest BCUT2D eigenvalue weighted by atomic mass is 9.89. The van der Waals surface area contributed by atoms with Crippen LogP contribution in [0.4, 0.5) is 0 Å². The van der Waals surface area contributed by atoms with E-state index in [0.29, 0.717) is 26.1 Å². The number of hydrogen-bond donors (Lipinski definition) is 2. The summed E-state index contributed by atoms with van der Waals surface area (Å²) in [4.78, 5) is 16.1. The first-order valence-electron chi connectivity index (χ1n) is 10.7. The average molecular weight is 431 g/mol. The Labute approximate surface area is 185 Å².